The number of benzene rings is 2. The summed E-state index contributed by atoms with van der Waals surface area (Å²) < 4.78 is 2.14. The molecule has 0 saturated heterocycles. The number of hydrogen-bond acceptors (Lipinski definition) is 5. The summed E-state index contributed by atoms with van der Waals surface area (Å²) in [7, 11) is 0. The largest absolute Gasteiger partial charge is 0.273 e. The summed E-state index contributed by atoms with van der Waals surface area (Å²) in [5.74, 6) is 0.922. The van der Waals surface area contributed by atoms with E-state index in [0.29, 0.717) is 0 Å². The van der Waals surface area contributed by atoms with Crippen LogP contribution in [-0.4, -0.2) is 24.7 Å². The molecule has 0 bridgehead atoms. The van der Waals surface area contributed by atoms with Crippen LogP contribution in [0.1, 0.15) is 29.1 Å². The van der Waals surface area contributed by atoms with E-state index in [4.69, 9.17) is 0 Å². The molecule has 0 atom stereocenters. The van der Waals surface area contributed by atoms with Crippen molar-refractivity contribution < 1.29 is 0 Å². The lowest BCUT2D eigenvalue weighted by Crippen LogP contribution is -2.04. The minimum Gasteiger partial charge on any atom is -0.273 e. The van der Waals surface area contributed by atoms with Crippen LogP contribution in [0.25, 0.3) is 5.69 Å². The van der Waals surface area contributed by atoms with Crippen molar-refractivity contribution in [2.24, 2.45) is 0 Å². The molecule has 0 spiro atoms. The molecule has 6 heteroatoms. The number of aryl methyl sites for hydroxylation is 1. The molecule has 5 rings (SSSR count). The number of hydrogen-bond donors (Lipinski definition) is 0. The Bertz CT molecular complexity index is 1090. The number of fused-ring (bicyclic) bond motifs is 1. The Morgan fingerprint density at radius 3 is 2.46 bits per heavy atom. The second-order valence-electron chi connectivity index (χ2n) is 6.79. The Morgan fingerprint density at radius 2 is 1.64 bits per heavy atom. The average Bonchev–Trinajstić information content (AvgIpc) is 3.37. The molecule has 0 saturated carbocycles. The number of aromatic nitrogens is 5. The first-order valence-corrected chi connectivity index (χ1v) is 10.2. The van der Waals surface area contributed by atoms with Crippen LogP contribution in [-0.2, 0) is 19.3 Å². The molecule has 1 aliphatic carbocycles. The van der Waals surface area contributed by atoms with Crippen LogP contribution in [0, 0.1) is 0 Å². The van der Waals surface area contributed by atoms with Gasteiger partial charge in [-0.3, -0.25) is 4.57 Å². The highest BCUT2D eigenvalue weighted by Crippen LogP contribution is 2.34. The molecule has 0 aliphatic heterocycles. The average molecular weight is 385 g/mol. The molecular weight excluding hydrogens is 366 g/mol. The van der Waals surface area contributed by atoms with Gasteiger partial charge in [0.1, 0.15) is 17.2 Å². The summed E-state index contributed by atoms with van der Waals surface area (Å²) in [6.07, 6.45) is 5.61. The lowest BCUT2D eigenvalue weighted by molar-refractivity contribution is 0.842. The molecule has 1 aliphatic rings. The highest BCUT2D eigenvalue weighted by molar-refractivity contribution is 7.99. The van der Waals surface area contributed by atoms with Crippen LogP contribution < -0.4 is 0 Å². The van der Waals surface area contributed by atoms with E-state index in [1.807, 2.05) is 24.3 Å². The van der Waals surface area contributed by atoms with Crippen LogP contribution in [0.5, 0.6) is 0 Å². The van der Waals surface area contributed by atoms with Gasteiger partial charge in [0.15, 0.2) is 0 Å². The van der Waals surface area contributed by atoms with E-state index >= 15 is 0 Å². The summed E-state index contributed by atoms with van der Waals surface area (Å²) in [5, 5.41) is 10.9. The van der Waals surface area contributed by atoms with Gasteiger partial charge in [-0.05, 0) is 48.7 Å². The highest BCUT2D eigenvalue weighted by atomic mass is 32.2. The maximum absolute atomic E-state index is 4.54. The van der Waals surface area contributed by atoms with Gasteiger partial charge in [-0.1, -0.05) is 48.5 Å². The topological polar surface area (TPSA) is 56.5 Å². The van der Waals surface area contributed by atoms with Gasteiger partial charge in [-0.15, -0.1) is 10.2 Å². The van der Waals surface area contributed by atoms with Crippen molar-refractivity contribution in [2.75, 3.05) is 0 Å². The van der Waals surface area contributed by atoms with E-state index in [2.05, 4.69) is 61.1 Å². The SMILES string of the molecule is c1ccc(Cc2nnc(Sc3ncnc4c3CCC4)n2-c2ccccc2)cc1. The van der Waals surface area contributed by atoms with Crippen molar-refractivity contribution in [2.45, 2.75) is 35.9 Å². The van der Waals surface area contributed by atoms with Crippen LogP contribution >= 0.6 is 11.8 Å². The quantitative estimate of drug-likeness (QED) is 0.480. The maximum Gasteiger partial charge on any atom is 0.202 e. The fourth-order valence-corrected chi connectivity index (χ4v) is 4.60. The van der Waals surface area contributed by atoms with E-state index in [-0.39, 0.29) is 0 Å². The normalized spacial score (nSPS) is 12.9. The van der Waals surface area contributed by atoms with Crippen molar-refractivity contribution in [3.05, 3.63) is 89.6 Å². The number of nitrogens with zero attached hydrogens (tertiary/aromatic N) is 5. The van der Waals surface area contributed by atoms with Crippen molar-refractivity contribution in [1.29, 1.82) is 0 Å². The van der Waals surface area contributed by atoms with E-state index in [0.717, 1.165) is 47.4 Å². The van der Waals surface area contributed by atoms with Crippen molar-refractivity contribution in [3.63, 3.8) is 0 Å². The van der Waals surface area contributed by atoms with Gasteiger partial charge in [-0.25, -0.2) is 9.97 Å². The molecule has 0 radical (unpaired) electrons. The third-order valence-corrected chi connectivity index (χ3v) is 5.94. The summed E-state index contributed by atoms with van der Waals surface area (Å²) in [4.78, 5) is 8.98. The standard InChI is InChI=1S/C22H19N5S/c1-3-8-16(9-4-1)14-20-25-26-22(27(20)17-10-5-2-6-11-17)28-21-18-12-7-13-19(18)23-15-24-21/h1-6,8-11,15H,7,12-14H2. The fourth-order valence-electron chi connectivity index (χ4n) is 3.60. The van der Waals surface area contributed by atoms with Crippen LogP contribution in [0.3, 0.4) is 0 Å². The van der Waals surface area contributed by atoms with Gasteiger partial charge in [0.25, 0.3) is 0 Å². The fraction of sp³-hybridized carbons (Fsp3) is 0.182. The minimum atomic E-state index is 0.727. The number of rotatable bonds is 5. The summed E-state index contributed by atoms with van der Waals surface area (Å²) in [5.41, 5.74) is 4.71. The molecule has 2 aromatic carbocycles. The molecule has 2 aromatic heterocycles. The van der Waals surface area contributed by atoms with Crippen molar-refractivity contribution in [3.8, 4) is 5.69 Å². The summed E-state index contributed by atoms with van der Waals surface area (Å²) in [6.45, 7) is 0. The Morgan fingerprint density at radius 1 is 0.857 bits per heavy atom. The van der Waals surface area contributed by atoms with E-state index in [9.17, 15) is 0 Å². The molecule has 0 unspecified atom stereocenters. The molecule has 28 heavy (non-hydrogen) atoms. The van der Waals surface area contributed by atoms with Gasteiger partial charge in [-0.2, -0.15) is 0 Å². The van der Waals surface area contributed by atoms with Crippen LogP contribution in [0.15, 0.2) is 77.2 Å². The Balaban J connectivity index is 1.56. The van der Waals surface area contributed by atoms with E-state index < -0.39 is 0 Å². The molecule has 5 nitrogen and oxygen atoms in total. The smallest absolute Gasteiger partial charge is 0.202 e. The Hall–Kier alpha value is -2.99. The summed E-state index contributed by atoms with van der Waals surface area (Å²) in [6, 6.07) is 20.7. The second-order valence-corrected chi connectivity index (χ2v) is 7.75. The third kappa shape index (κ3) is 3.31. The van der Waals surface area contributed by atoms with Gasteiger partial charge in [0, 0.05) is 23.4 Å². The van der Waals surface area contributed by atoms with Crippen molar-refractivity contribution in [1.82, 2.24) is 24.7 Å². The predicted molar refractivity (Wildman–Crippen MR) is 109 cm³/mol. The molecule has 138 valence electrons. The molecule has 0 N–H and O–H groups in total. The van der Waals surface area contributed by atoms with Crippen LogP contribution in [0.2, 0.25) is 0 Å². The first-order chi connectivity index (χ1) is 13.9. The highest BCUT2D eigenvalue weighted by Gasteiger charge is 2.21. The van der Waals surface area contributed by atoms with Gasteiger partial charge in [0.2, 0.25) is 5.16 Å². The first-order valence-electron chi connectivity index (χ1n) is 9.43. The van der Waals surface area contributed by atoms with E-state index in [1.165, 1.54) is 16.8 Å². The summed E-state index contributed by atoms with van der Waals surface area (Å²) >= 11 is 1.58. The molecule has 2 heterocycles. The van der Waals surface area contributed by atoms with Gasteiger partial charge < -0.3 is 0 Å². The lowest BCUT2D eigenvalue weighted by atomic mass is 10.1. The zero-order valence-corrected chi connectivity index (χ0v) is 16.1. The second kappa shape index (κ2) is 7.56. The first kappa shape index (κ1) is 17.1. The maximum atomic E-state index is 4.54. The Labute approximate surface area is 167 Å². The monoisotopic (exact) mass is 385 g/mol. The van der Waals surface area contributed by atoms with Gasteiger partial charge in [0.05, 0.1) is 0 Å². The van der Waals surface area contributed by atoms with Gasteiger partial charge >= 0.3 is 0 Å². The Kier molecular flexibility index (Phi) is 4.62. The third-order valence-electron chi connectivity index (χ3n) is 4.94. The number of para-hydroxylation sites is 1. The van der Waals surface area contributed by atoms with E-state index in [1.54, 1.807) is 18.1 Å². The molecule has 0 fully saturated rings. The zero-order chi connectivity index (χ0) is 18.8. The predicted octanol–water partition coefficient (Wildman–Crippen LogP) is 4.29. The molecule has 4 aromatic rings. The van der Waals surface area contributed by atoms with Crippen LogP contribution in [0.4, 0.5) is 0 Å². The lowest BCUT2D eigenvalue weighted by Gasteiger charge is -2.11. The minimum absolute atomic E-state index is 0.727. The zero-order valence-electron chi connectivity index (χ0n) is 15.3. The van der Waals surface area contributed by atoms with Crippen molar-refractivity contribution >= 4 is 11.8 Å². The molecule has 0 amide bonds. The molecular formula is C22H19N5S.